The van der Waals surface area contributed by atoms with Gasteiger partial charge in [-0.3, -0.25) is 4.79 Å². The Morgan fingerprint density at radius 2 is 2.17 bits per heavy atom. The molecule has 1 saturated heterocycles. The molecule has 1 atom stereocenters. The third-order valence-electron chi connectivity index (χ3n) is 5.17. The predicted molar refractivity (Wildman–Crippen MR) is 112 cm³/mol. The highest BCUT2D eigenvalue weighted by atomic mass is 35.5. The van der Waals surface area contributed by atoms with Crippen LogP contribution in [0.3, 0.4) is 0 Å². The number of halogens is 1. The molecule has 2 aromatic rings. The Morgan fingerprint density at radius 3 is 2.83 bits per heavy atom. The lowest BCUT2D eigenvalue weighted by Crippen LogP contribution is -2.46. The molecule has 2 heterocycles. The molecule has 0 spiro atoms. The minimum absolute atomic E-state index is 0.0941. The van der Waals surface area contributed by atoms with Gasteiger partial charge in [0.2, 0.25) is 15.9 Å². The van der Waals surface area contributed by atoms with E-state index < -0.39 is 15.9 Å². The van der Waals surface area contributed by atoms with Crippen LogP contribution in [0.2, 0.25) is 5.02 Å². The molecule has 3 rings (SSSR count). The number of hydrogen-bond acceptors (Lipinski definition) is 6. The van der Waals surface area contributed by atoms with Crippen LogP contribution in [0.15, 0.2) is 33.7 Å². The molecule has 8 nitrogen and oxygen atoms in total. The number of carbonyl (C=O) groups excluding carboxylic acids is 1. The largest absolute Gasteiger partial charge is 0.492 e. The Balaban J connectivity index is 1.59. The normalized spacial score (nSPS) is 17.7. The summed E-state index contributed by atoms with van der Waals surface area (Å²) in [4.78, 5) is 14.6. The summed E-state index contributed by atoms with van der Waals surface area (Å²) in [6.45, 7) is 4.40. The highest BCUT2D eigenvalue weighted by Gasteiger charge is 2.37. The van der Waals surface area contributed by atoms with Crippen molar-refractivity contribution in [3.63, 3.8) is 0 Å². The summed E-state index contributed by atoms with van der Waals surface area (Å²) in [6, 6.07) is 7.06. The summed E-state index contributed by atoms with van der Waals surface area (Å²) in [7, 11) is -2.06. The number of rotatable bonds is 7. The van der Waals surface area contributed by atoms with E-state index in [-0.39, 0.29) is 23.1 Å². The second-order valence-electron chi connectivity index (χ2n) is 7.42. The first-order valence-electron chi connectivity index (χ1n) is 9.76. The Morgan fingerprint density at radius 1 is 1.40 bits per heavy atom. The first-order valence-corrected chi connectivity index (χ1v) is 11.6. The zero-order valence-corrected chi connectivity index (χ0v) is 18.9. The highest BCUT2D eigenvalue weighted by molar-refractivity contribution is 7.89. The van der Waals surface area contributed by atoms with Gasteiger partial charge in [-0.1, -0.05) is 22.8 Å². The van der Waals surface area contributed by atoms with Gasteiger partial charge in [-0.15, -0.1) is 0 Å². The maximum absolute atomic E-state index is 13.1. The number of aromatic nitrogens is 1. The topological polar surface area (TPSA) is 93.0 Å². The number of benzene rings is 1. The molecule has 30 heavy (non-hydrogen) atoms. The number of carbonyl (C=O) groups is 1. The Kier molecular flexibility index (Phi) is 7.05. The number of piperidine rings is 1. The molecule has 1 unspecified atom stereocenters. The summed E-state index contributed by atoms with van der Waals surface area (Å²) in [5.41, 5.74) is 0.330. The zero-order valence-electron chi connectivity index (χ0n) is 17.3. The second kappa shape index (κ2) is 9.36. The molecule has 0 N–H and O–H groups in total. The standard InChI is InChI=1S/C20H26ClN3O5S/c1-14-19(15(2)29-22-14)30(26,27)24-9-5-6-16(13-24)20(25)23(3)10-11-28-18-8-4-7-17(21)12-18/h4,7-8,12,16H,5-6,9-11,13H2,1-3H3. The van der Waals surface area contributed by atoms with E-state index in [0.717, 1.165) is 0 Å². The van der Waals surface area contributed by atoms with Crippen molar-refractivity contribution in [2.45, 2.75) is 31.6 Å². The fourth-order valence-corrected chi connectivity index (χ4v) is 5.61. The van der Waals surface area contributed by atoms with E-state index in [1.54, 1.807) is 50.1 Å². The molecule has 0 aliphatic carbocycles. The zero-order chi connectivity index (χ0) is 21.9. The average molecular weight is 456 g/mol. The maximum Gasteiger partial charge on any atom is 0.248 e. The van der Waals surface area contributed by atoms with Crippen molar-refractivity contribution in [2.75, 3.05) is 33.3 Å². The lowest BCUT2D eigenvalue weighted by molar-refractivity contribution is -0.135. The van der Waals surface area contributed by atoms with E-state index in [4.69, 9.17) is 20.9 Å². The van der Waals surface area contributed by atoms with E-state index in [1.165, 1.54) is 4.31 Å². The van der Waals surface area contributed by atoms with Crippen LogP contribution >= 0.6 is 11.6 Å². The lowest BCUT2D eigenvalue weighted by Gasteiger charge is -2.33. The van der Waals surface area contributed by atoms with E-state index in [9.17, 15) is 13.2 Å². The van der Waals surface area contributed by atoms with Gasteiger partial charge in [-0.25, -0.2) is 8.42 Å². The predicted octanol–water partition coefficient (Wildman–Crippen LogP) is 2.88. The van der Waals surface area contributed by atoms with Crippen molar-refractivity contribution in [3.8, 4) is 5.75 Å². The number of hydrogen-bond donors (Lipinski definition) is 0. The lowest BCUT2D eigenvalue weighted by atomic mass is 9.98. The van der Waals surface area contributed by atoms with Crippen LogP contribution in [-0.4, -0.2) is 62.0 Å². The van der Waals surface area contributed by atoms with E-state index in [2.05, 4.69) is 5.16 Å². The SMILES string of the molecule is Cc1noc(C)c1S(=O)(=O)N1CCCC(C(=O)N(C)CCOc2cccc(Cl)c2)C1. The first-order chi connectivity index (χ1) is 14.2. The van der Waals surface area contributed by atoms with Gasteiger partial charge in [-0.05, 0) is 44.9 Å². The van der Waals surface area contributed by atoms with Gasteiger partial charge < -0.3 is 14.2 Å². The third-order valence-corrected chi connectivity index (χ3v) is 7.51. The summed E-state index contributed by atoms with van der Waals surface area (Å²) < 4.78 is 38.1. The third kappa shape index (κ3) is 4.96. The van der Waals surface area contributed by atoms with Crippen LogP contribution in [0.4, 0.5) is 0 Å². The number of sulfonamides is 1. The van der Waals surface area contributed by atoms with Crippen LogP contribution < -0.4 is 4.74 Å². The van der Waals surface area contributed by atoms with E-state index in [1.807, 2.05) is 0 Å². The van der Waals surface area contributed by atoms with Crippen molar-refractivity contribution in [1.29, 1.82) is 0 Å². The molecule has 10 heteroatoms. The Bertz CT molecular complexity index is 988. The van der Waals surface area contributed by atoms with Gasteiger partial charge in [0.05, 0.1) is 12.5 Å². The van der Waals surface area contributed by atoms with E-state index >= 15 is 0 Å². The summed E-state index contributed by atoms with van der Waals surface area (Å²) in [5, 5.41) is 4.33. The highest BCUT2D eigenvalue weighted by Crippen LogP contribution is 2.28. The average Bonchev–Trinajstić information content (AvgIpc) is 3.06. The van der Waals surface area contributed by atoms with Crippen molar-refractivity contribution < 1.29 is 22.5 Å². The molecule has 1 aromatic carbocycles. The first kappa shape index (κ1) is 22.6. The summed E-state index contributed by atoms with van der Waals surface area (Å²) in [6.07, 6.45) is 1.26. The smallest absolute Gasteiger partial charge is 0.248 e. The number of aryl methyl sites for hydroxylation is 2. The Labute approximate surface area is 181 Å². The Hall–Kier alpha value is -2.10. The van der Waals surface area contributed by atoms with Crippen molar-refractivity contribution in [1.82, 2.24) is 14.4 Å². The quantitative estimate of drug-likeness (QED) is 0.637. The van der Waals surface area contributed by atoms with Crippen LogP contribution in [-0.2, 0) is 14.8 Å². The van der Waals surface area contributed by atoms with Crippen LogP contribution in [0.1, 0.15) is 24.3 Å². The fourth-order valence-electron chi connectivity index (χ4n) is 3.61. The molecule has 1 amide bonds. The second-order valence-corrected chi connectivity index (χ2v) is 9.73. The fraction of sp³-hybridized carbons (Fsp3) is 0.500. The molecule has 1 aliphatic rings. The molecule has 1 fully saturated rings. The van der Waals surface area contributed by atoms with E-state index in [0.29, 0.717) is 49.0 Å². The molecule has 0 saturated carbocycles. The van der Waals surface area contributed by atoms with Gasteiger partial charge in [0, 0.05) is 25.2 Å². The molecular weight excluding hydrogens is 430 g/mol. The molecule has 0 radical (unpaired) electrons. The summed E-state index contributed by atoms with van der Waals surface area (Å²) in [5.74, 6) is 0.405. The summed E-state index contributed by atoms with van der Waals surface area (Å²) >= 11 is 5.94. The van der Waals surface area contributed by atoms with Gasteiger partial charge in [0.15, 0.2) is 5.76 Å². The number of amides is 1. The number of ether oxygens (including phenoxy) is 1. The van der Waals surface area contributed by atoms with Gasteiger partial charge in [0.1, 0.15) is 22.9 Å². The molecule has 1 aliphatic heterocycles. The monoisotopic (exact) mass is 455 g/mol. The number of likely N-dealkylation sites (N-methyl/N-ethyl adjacent to an activating group) is 1. The van der Waals surface area contributed by atoms with Crippen LogP contribution in [0.25, 0.3) is 0 Å². The van der Waals surface area contributed by atoms with Crippen molar-refractivity contribution in [2.24, 2.45) is 5.92 Å². The maximum atomic E-state index is 13.1. The molecule has 164 valence electrons. The van der Waals surface area contributed by atoms with Crippen LogP contribution in [0.5, 0.6) is 5.75 Å². The van der Waals surface area contributed by atoms with Crippen LogP contribution in [0, 0.1) is 19.8 Å². The van der Waals surface area contributed by atoms with Crippen molar-refractivity contribution in [3.05, 3.63) is 40.7 Å². The van der Waals surface area contributed by atoms with Gasteiger partial charge in [-0.2, -0.15) is 4.31 Å². The van der Waals surface area contributed by atoms with Crippen molar-refractivity contribution >= 4 is 27.5 Å². The van der Waals surface area contributed by atoms with Gasteiger partial charge >= 0.3 is 0 Å². The molecular formula is C20H26ClN3O5S. The molecule has 0 bridgehead atoms. The van der Waals surface area contributed by atoms with Gasteiger partial charge in [0.25, 0.3) is 0 Å². The minimum Gasteiger partial charge on any atom is -0.492 e. The number of nitrogens with zero attached hydrogens (tertiary/aromatic N) is 3. The molecule has 1 aromatic heterocycles. The minimum atomic E-state index is -3.76.